The van der Waals surface area contributed by atoms with Crippen molar-refractivity contribution in [1.29, 1.82) is 5.26 Å². The maximum Gasteiger partial charge on any atom is 0.203 e. The number of anilines is 1. The molecule has 0 amide bonds. The molecule has 0 aliphatic carbocycles. The average Bonchev–Trinajstić information content (AvgIpc) is 2.66. The minimum atomic E-state index is 0.691. The van der Waals surface area contributed by atoms with E-state index in [4.69, 9.17) is 5.26 Å². The normalized spacial score (nSPS) is 14.3. The number of hydrogen-bond acceptors (Lipinski definition) is 3. The number of nitrogens with one attached hydrogen (secondary N) is 1. The topological polar surface area (TPSA) is 53.6 Å². The van der Waals surface area contributed by atoms with Gasteiger partial charge in [0.05, 0.1) is 22.7 Å². The molecule has 0 bridgehead atoms. The van der Waals surface area contributed by atoms with E-state index >= 15 is 0 Å². The number of benzene rings is 1. The molecule has 0 atom stereocenters. The van der Waals surface area contributed by atoms with Gasteiger partial charge >= 0.3 is 0 Å². The van der Waals surface area contributed by atoms with E-state index in [0.717, 1.165) is 36.5 Å². The molecule has 0 fully saturated rings. The van der Waals surface area contributed by atoms with Gasteiger partial charge in [-0.05, 0) is 24.6 Å². The van der Waals surface area contributed by atoms with Crippen LogP contribution in [0.1, 0.15) is 12.0 Å². The molecule has 4 nitrogen and oxygen atoms in total. The lowest BCUT2D eigenvalue weighted by Crippen LogP contribution is -2.16. The Labute approximate surface area is 87.1 Å². The largest absolute Gasteiger partial charge is 0.356 e. The first-order chi connectivity index (χ1) is 7.38. The van der Waals surface area contributed by atoms with Crippen molar-refractivity contribution >= 4 is 17.0 Å². The summed E-state index contributed by atoms with van der Waals surface area (Å²) in [6.07, 6.45) is 1.11. The van der Waals surface area contributed by atoms with Crippen LogP contribution in [0.3, 0.4) is 0 Å². The predicted molar refractivity (Wildman–Crippen MR) is 57.6 cm³/mol. The lowest BCUT2D eigenvalue weighted by molar-refractivity contribution is 0.642. The Bertz CT molecular complexity index is 562. The molecule has 1 aromatic heterocycles. The summed E-state index contributed by atoms with van der Waals surface area (Å²) in [5, 5.41) is 12.1. The molecule has 1 aromatic carbocycles. The SMILES string of the molecule is N#Cc1ccc2nc3n(c2c1)CCCN3. The third-order valence-electron chi connectivity index (χ3n) is 2.72. The number of aromatic nitrogens is 2. The Hall–Kier alpha value is -2.02. The Morgan fingerprint density at radius 3 is 3.27 bits per heavy atom. The van der Waals surface area contributed by atoms with Crippen LogP contribution in [-0.4, -0.2) is 16.1 Å². The monoisotopic (exact) mass is 198 g/mol. The van der Waals surface area contributed by atoms with Crippen molar-refractivity contribution in [2.45, 2.75) is 13.0 Å². The second-order valence-electron chi connectivity index (χ2n) is 3.68. The molecule has 0 radical (unpaired) electrons. The van der Waals surface area contributed by atoms with Crippen molar-refractivity contribution in [2.75, 3.05) is 11.9 Å². The van der Waals surface area contributed by atoms with E-state index in [1.807, 2.05) is 12.1 Å². The molecule has 0 unspecified atom stereocenters. The molecule has 74 valence electrons. The molecule has 0 spiro atoms. The van der Waals surface area contributed by atoms with Crippen molar-refractivity contribution in [3.63, 3.8) is 0 Å². The van der Waals surface area contributed by atoms with E-state index in [-0.39, 0.29) is 0 Å². The molecule has 1 N–H and O–H groups in total. The Balaban J connectivity index is 2.30. The van der Waals surface area contributed by atoms with E-state index in [1.54, 1.807) is 6.07 Å². The van der Waals surface area contributed by atoms with Crippen LogP contribution in [-0.2, 0) is 6.54 Å². The van der Waals surface area contributed by atoms with Crippen molar-refractivity contribution in [1.82, 2.24) is 9.55 Å². The number of imidazole rings is 1. The van der Waals surface area contributed by atoms with E-state index in [9.17, 15) is 0 Å². The lowest BCUT2D eigenvalue weighted by Gasteiger charge is -2.15. The van der Waals surface area contributed by atoms with Gasteiger partial charge in [-0.2, -0.15) is 5.26 Å². The summed E-state index contributed by atoms with van der Waals surface area (Å²) in [6.45, 7) is 1.96. The Kier molecular flexibility index (Phi) is 1.65. The van der Waals surface area contributed by atoms with E-state index in [2.05, 4.69) is 20.9 Å². The summed E-state index contributed by atoms with van der Waals surface area (Å²) in [5.74, 6) is 0.923. The quantitative estimate of drug-likeness (QED) is 0.701. The van der Waals surface area contributed by atoms with Crippen LogP contribution in [0.15, 0.2) is 18.2 Å². The summed E-state index contributed by atoms with van der Waals surface area (Å²) in [4.78, 5) is 4.47. The molecular weight excluding hydrogens is 188 g/mol. The van der Waals surface area contributed by atoms with Crippen molar-refractivity contribution in [3.8, 4) is 6.07 Å². The lowest BCUT2D eigenvalue weighted by atomic mass is 10.2. The third kappa shape index (κ3) is 1.17. The Morgan fingerprint density at radius 1 is 1.47 bits per heavy atom. The molecule has 0 saturated heterocycles. The number of nitrogens with zero attached hydrogens (tertiary/aromatic N) is 3. The van der Waals surface area contributed by atoms with Gasteiger partial charge in [0.1, 0.15) is 0 Å². The number of aryl methyl sites for hydroxylation is 1. The predicted octanol–water partition coefficient (Wildman–Crippen LogP) is 1.72. The fourth-order valence-corrected chi connectivity index (χ4v) is 1.99. The summed E-state index contributed by atoms with van der Waals surface area (Å²) in [6, 6.07) is 7.77. The van der Waals surface area contributed by atoms with Gasteiger partial charge in [-0.1, -0.05) is 0 Å². The minimum Gasteiger partial charge on any atom is -0.356 e. The number of fused-ring (bicyclic) bond motifs is 3. The van der Waals surface area contributed by atoms with Crippen LogP contribution in [0, 0.1) is 11.3 Å². The van der Waals surface area contributed by atoms with Gasteiger partial charge in [-0.3, -0.25) is 0 Å². The zero-order valence-corrected chi connectivity index (χ0v) is 8.20. The van der Waals surface area contributed by atoms with Gasteiger partial charge in [0.15, 0.2) is 0 Å². The highest BCUT2D eigenvalue weighted by Crippen LogP contribution is 2.23. The average molecular weight is 198 g/mol. The van der Waals surface area contributed by atoms with E-state index in [1.165, 1.54) is 0 Å². The maximum absolute atomic E-state index is 8.84. The van der Waals surface area contributed by atoms with Crippen molar-refractivity contribution in [3.05, 3.63) is 23.8 Å². The van der Waals surface area contributed by atoms with Gasteiger partial charge in [0.25, 0.3) is 0 Å². The van der Waals surface area contributed by atoms with Crippen LogP contribution in [0.5, 0.6) is 0 Å². The molecule has 3 rings (SSSR count). The standard InChI is InChI=1S/C11H10N4/c12-7-8-2-3-9-10(6-8)15-5-1-4-13-11(15)14-9/h2-3,6H,1,4-5H2,(H,13,14). The second-order valence-corrected chi connectivity index (χ2v) is 3.68. The summed E-state index contributed by atoms with van der Waals surface area (Å²) >= 11 is 0. The first kappa shape index (κ1) is 8.30. The van der Waals surface area contributed by atoms with Gasteiger partial charge in [0.2, 0.25) is 5.95 Å². The van der Waals surface area contributed by atoms with E-state index < -0.39 is 0 Å². The van der Waals surface area contributed by atoms with Gasteiger partial charge < -0.3 is 9.88 Å². The van der Waals surface area contributed by atoms with Crippen molar-refractivity contribution in [2.24, 2.45) is 0 Å². The van der Waals surface area contributed by atoms with E-state index in [0.29, 0.717) is 5.56 Å². The summed E-state index contributed by atoms with van der Waals surface area (Å²) in [7, 11) is 0. The summed E-state index contributed by atoms with van der Waals surface area (Å²) in [5.41, 5.74) is 2.70. The molecule has 1 aliphatic rings. The zero-order chi connectivity index (χ0) is 10.3. The fourth-order valence-electron chi connectivity index (χ4n) is 1.99. The number of hydrogen-bond donors (Lipinski definition) is 1. The van der Waals surface area contributed by atoms with Crippen LogP contribution in [0.25, 0.3) is 11.0 Å². The highest BCUT2D eigenvalue weighted by molar-refractivity contribution is 5.80. The third-order valence-corrected chi connectivity index (χ3v) is 2.72. The molecular formula is C11H10N4. The van der Waals surface area contributed by atoms with Crippen LogP contribution in [0.2, 0.25) is 0 Å². The first-order valence-corrected chi connectivity index (χ1v) is 5.03. The van der Waals surface area contributed by atoms with Crippen LogP contribution in [0.4, 0.5) is 5.95 Å². The fraction of sp³-hybridized carbons (Fsp3) is 0.273. The van der Waals surface area contributed by atoms with Crippen LogP contribution >= 0.6 is 0 Å². The molecule has 0 saturated carbocycles. The van der Waals surface area contributed by atoms with Gasteiger partial charge in [-0.15, -0.1) is 0 Å². The number of rotatable bonds is 0. The molecule has 1 aliphatic heterocycles. The van der Waals surface area contributed by atoms with Gasteiger partial charge in [-0.25, -0.2) is 4.98 Å². The molecule has 2 aromatic rings. The smallest absolute Gasteiger partial charge is 0.203 e. The highest BCUT2D eigenvalue weighted by Gasteiger charge is 2.13. The minimum absolute atomic E-state index is 0.691. The first-order valence-electron chi connectivity index (χ1n) is 5.03. The van der Waals surface area contributed by atoms with Crippen LogP contribution < -0.4 is 5.32 Å². The molecule has 15 heavy (non-hydrogen) atoms. The maximum atomic E-state index is 8.84. The zero-order valence-electron chi connectivity index (χ0n) is 8.20. The number of nitriles is 1. The molecule has 2 heterocycles. The van der Waals surface area contributed by atoms with Crippen molar-refractivity contribution < 1.29 is 0 Å². The second kappa shape index (κ2) is 2.99. The Morgan fingerprint density at radius 2 is 2.40 bits per heavy atom. The summed E-state index contributed by atoms with van der Waals surface area (Å²) < 4.78 is 2.14. The molecule has 4 heteroatoms. The van der Waals surface area contributed by atoms with Gasteiger partial charge in [0, 0.05) is 13.1 Å². The highest BCUT2D eigenvalue weighted by atomic mass is 15.2.